The number of benzene rings is 1. The number of fused-ring (bicyclic) bond motifs is 1. The monoisotopic (exact) mass is 196 g/mol. The van der Waals surface area contributed by atoms with Crippen molar-refractivity contribution in [2.75, 3.05) is 6.26 Å². The number of hydrogen-bond acceptors (Lipinski definition) is 2. The van der Waals surface area contributed by atoms with E-state index in [1.165, 1.54) is 11.8 Å². The predicted octanol–water partition coefficient (Wildman–Crippen LogP) is 1.58. The number of hydrogen-bond donors (Lipinski definition) is 0. The normalized spacial score (nSPS) is 15.8. The summed E-state index contributed by atoms with van der Waals surface area (Å²) in [5.41, 5.74) is 2.26. The molecule has 70 valence electrons. The van der Waals surface area contributed by atoms with E-state index < -0.39 is 9.84 Å². The highest BCUT2D eigenvalue weighted by molar-refractivity contribution is 7.90. The highest BCUT2D eigenvalue weighted by Gasteiger charge is 2.19. The molecule has 0 aromatic heterocycles. The standard InChI is InChI=1S/C10H12O2S/c1-13(11,12)10-7-3-5-8-4-2-6-9(8)10/h3,5,7H,2,4,6H2,1H3. The predicted molar refractivity (Wildman–Crippen MR) is 51.6 cm³/mol. The summed E-state index contributed by atoms with van der Waals surface area (Å²) in [6, 6.07) is 5.57. The largest absolute Gasteiger partial charge is 0.224 e. The van der Waals surface area contributed by atoms with E-state index in [-0.39, 0.29) is 0 Å². The van der Waals surface area contributed by atoms with Crippen molar-refractivity contribution in [3.8, 4) is 0 Å². The molecule has 1 aliphatic carbocycles. The van der Waals surface area contributed by atoms with E-state index in [0.29, 0.717) is 4.90 Å². The van der Waals surface area contributed by atoms with E-state index in [2.05, 4.69) is 0 Å². The molecule has 0 aliphatic heterocycles. The van der Waals surface area contributed by atoms with Crippen LogP contribution in [-0.2, 0) is 22.7 Å². The Labute approximate surface area is 78.5 Å². The van der Waals surface area contributed by atoms with Crippen LogP contribution in [0.15, 0.2) is 23.1 Å². The number of rotatable bonds is 1. The van der Waals surface area contributed by atoms with Gasteiger partial charge < -0.3 is 0 Å². The summed E-state index contributed by atoms with van der Waals surface area (Å²) in [4.78, 5) is 0.530. The Kier molecular flexibility index (Phi) is 1.91. The molecular formula is C10H12O2S. The molecule has 3 heteroatoms. The maximum atomic E-state index is 11.4. The summed E-state index contributed by atoms with van der Waals surface area (Å²) in [5.74, 6) is 0. The highest BCUT2D eigenvalue weighted by atomic mass is 32.2. The first kappa shape index (κ1) is 8.75. The summed E-state index contributed by atoms with van der Waals surface area (Å²) >= 11 is 0. The second kappa shape index (κ2) is 2.84. The summed E-state index contributed by atoms with van der Waals surface area (Å²) in [5, 5.41) is 0. The number of aryl methyl sites for hydroxylation is 1. The van der Waals surface area contributed by atoms with Crippen molar-refractivity contribution >= 4 is 9.84 Å². The van der Waals surface area contributed by atoms with Gasteiger partial charge in [-0.25, -0.2) is 8.42 Å². The minimum Gasteiger partial charge on any atom is -0.224 e. The van der Waals surface area contributed by atoms with Gasteiger partial charge in [-0.2, -0.15) is 0 Å². The fraction of sp³-hybridized carbons (Fsp3) is 0.400. The van der Waals surface area contributed by atoms with E-state index in [1.807, 2.05) is 12.1 Å². The van der Waals surface area contributed by atoms with Gasteiger partial charge in [0.15, 0.2) is 9.84 Å². The maximum absolute atomic E-state index is 11.4. The number of sulfone groups is 1. The third-order valence-electron chi connectivity index (χ3n) is 2.50. The van der Waals surface area contributed by atoms with E-state index in [4.69, 9.17) is 0 Å². The second-order valence-electron chi connectivity index (χ2n) is 3.52. The van der Waals surface area contributed by atoms with Gasteiger partial charge in [0.2, 0.25) is 0 Å². The van der Waals surface area contributed by atoms with Crippen molar-refractivity contribution in [2.24, 2.45) is 0 Å². The van der Waals surface area contributed by atoms with Crippen LogP contribution in [0.5, 0.6) is 0 Å². The van der Waals surface area contributed by atoms with Crippen molar-refractivity contribution < 1.29 is 8.42 Å². The fourth-order valence-electron chi connectivity index (χ4n) is 1.93. The van der Waals surface area contributed by atoms with Crippen molar-refractivity contribution in [2.45, 2.75) is 24.2 Å². The van der Waals surface area contributed by atoms with Gasteiger partial charge >= 0.3 is 0 Å². The average molecular weight is 196 g/mol. The third-order valence-corrected chi connectivity index (χ3v) is 3.68. The zero-order chi connectivity index (χ0) is 9.47. The smallest absolute Gasteiger partial charge is 0.175 e. The van der Waals surface area contributed by atoms with Gasteiger partial charge in [-0.15, -0.1) is 0 Å². The molecule has 0 atom stereocenters. The molecule has 0 N–H and O–H groups in total. The Morgan fingerprint density at radius 1 is 1.23 bits per heavy atom. The molecule has 0 saturated heterocycles. The minimum absolute atomic E-state index is 0.530. The molecule has 0 spiro atoms. The molecule has 2 rings (SSSR count). The molecule has 0 saturated carbocycles. The van der Waals surface area contributed by atoms with Crippen LogP contribution in [-0.4, -0.2) is 14.7 Å². The van der Waals surface area contributed by atoms with Crippen LogP contribution in [0.3, 0.4) is 0 Å². The van der Waals surface area contributed by atoms with Crippen molar-refractivity contribution in [1.29, 1.82) is 0 Å². The van der Waals surface area contributed by atoms with Crippen molar-refractivity contribution in [3.63, 3.8) is 0 Å². The molecule has 0 bridgehead atoms. The molecule has 0 unspecified atom stereocenters. The SMILES string of the molecule is CS(=O)(=O)c1cccc2c1CCC2. The summed E-state index contributed by atoms with van der Waals surface area (Å²) in [7, 11) is -3.03. The summed E-state index contributed by atoms with van der Waals surface area (Å²) in [6.07, 6.45) is 4.31. The van der Waals surface area contributed by atoms with Gasteiger partial charge in [0.05, 0.1) is 4.90 Å². The molecule has 0 radical (unpaired) electrons. The van der Waals surface area contributed by atoms with Crippen LogP contribution in [0.25, 0.3) is 0 Å². The second-order valence-corrected chi connectivity index (χ2v) is 5.50. The molecule has 13 heavy (non-hydrogen) atoms. The lowest BCUT2D eigenvalue weighted by Gasteiger charge is -2.05. The van der Waals surface area contributed by atoms with Gasteiger partial charge in [0.25, 0.3) is 0 Å². The molecule has 1 aliphatic rings. The summed E-state index contributed by atoms with van der Waals surface area (Å²) in [6.45, 7) is 0. The van der Waals surface area contributed by atoms with Crippen LogP contribution in [0.2, 0.25) is 0 Å². The lowest BCUT2D eigenvalue weighted by atomic mass is 10.1. The zero-order valence-corrected chi connectivity index (χ0v) is 8.39. The Morgan fingerprint density at radius 2 is 2.00 bits per heavy atom. The first-order chi connectivity index (χ1) is 6.09. The Bertz CT molecular complexity index is 432. The first-order valence-electron chi connectivity index (χ1n) is 4.40. The first-order valence-corrected chi connectivity index (χ1v) is 6.29. The van der Waals surface area contributed by atoms with Gasteiger partial charge in [0.1, 0.15) is 0 Å². The lowest BCUT2D eigenvalue weighted by Crippen LogP contribution is -2.01. The van der Waals surface area contributed by atoms with Crippen molar-refractivity contribution in [1.82, 2.24) is 0 Å². The summed E-state index contributed by atoms with van der Waals surface area (Å²) < 4.78 is 22.8. The van der Waals surface area contributed by atoms with E-state index in [1.54, 1.807) is 6.07 Å². The van der Waals surface area contributed by atoms with E-state index in [9.17, 15) is 8.42 Å². The highest BCUT2D eigenvalue weighted by Crippen LogP contribution is 2.27. The third kappa shape index (κ3) is 1.48. The molecular weight excluding hydrogens is 184 g/mol. The molecule has 2 nitrogen and oxygen atoms in total. The maximum Gasteiger partial charge on any atom is 0.175 e. The van der Waals surface area contributed by atoms with E-state index >= 15 is 0 Å². The Hall–Kier alpha value is -0.830. The van der Waals surface area contributed by atoms with Gasteiger partial charge in [-0.05, 0) is 36.5 Å². The average Bonchev–Trinajstić information content (AvgIpc) is 2.48. The van der Waals surface area contributed by atoms with Gasteiger partial charge in [-0.3, -0.25) is 0 Å². The van der Waals surface area contributed by atoms with Crippen LogP contribution in [0, 0.1) is 0 Å². The van der Waals surface area contributed by atoms with E-state index in [0.717, 1.165) is 24.8 Å². The molecule has 0 heterocycles. The Balaban J connectivity index is 2.67. The Morgan fingerprint density at radius 3 is 2.69 bits per heavy atom. The molecule has 0 fully saturated rings. The van der Waals surface area contributed by atoms with Crippen LogP contribution >= 0.6 is 0 Å². The molecule has 1 aromatic rings. The molecule has 1 aromatic carbocycles. The van der Waals surface area contributed by atoms with Gasteiger partial charge in [0, 0.05) is 6.26 Å². The topological polar surface area (TPSA) is 34.1 Å². The quantitative estimate of drug-likeness (QED) is 0.683. The van der Waals surface area contributed by atoms with Crippen LogP contribution in [0.4, 0.5) is 0 Å². The molecule has 0 amide bonds. The minimum atomic E-state index is -3.03. The van der Waals surface area contributed by atoms with Gasteiger partial charge in [-0.1, -0.05) is 12.1 Å². The zero-order valence-electron chi connectivity index (χ0n) is 7.58. The van der Waals surface area contributed by atoms with Crippen LogP contribution < -0.4 is 0 Å². The fourth-order valence-corrected chi connectivity index (χ4v) is 2.94. The van der Waals surface area contributed by atoms with Crippen molar-refractivity contribution in [3.05, 3.63) is 29.3 Å². The lowest BCUT2D eigenvalue weighted by molar-refractivity contribution is 0.601. The van der Waals surface area contributed by atoms with Crippen LogP contribution in [0.1, 0.15) is 17.5 Å².